The van der Waals surface area contributed by atoms with Crippen LogP contribution in [0, 0.1) is 5.92 Å². The molecule has 1 N–H and O–H groups in total. The minimum absolute atomic E-state index is 0.0813. The zero-order valence-electron chi connectivity index (χ0n) is 20.8. The largest absolute Gasteiger partial charge is 0.462 e. The van der Waals surface area contributed by atoms with E-state index in [9.17, 15) is 19.2 Å². The van der Waals surface area contributed by atoms with Crippen LogP contribution in [0.4, 0.5) is 0 Å². The monoisotopic (exact) mass is 485 g/mol. The second-order valence-corrected chi connectivity index (χ2v) is 10.3. The Balaban J connectivity index is 1.42. The Hall–Kier alpha value is -2.64. The Bertz CT molecular complexity index is 980. The highest BCUT2D eigenvalue weighted by Gasteiger charge is 2.24. The number of aryl methyl sites for hydroxylation is 1. The molecule has 2 fully saturated rings. The Labute approximate surface area is 207 Å². The lowest BCUT2D eigenvalue weighted by Crippen LogP contribution is -2.39. The van der Waals surface area contributed by atoms with Gasteiger partial charge >= 0.3 is 5.97 Å². The molecule has 1 saturated carbocycles. The van der Waals surface area contributed by atoms with Crippen LogP contribution in [0.2, 0.25) is 0 Å². The normalized spacial score (nSPS) is 19.1. The van der Waals surface area contributed by atoms with Crippen molar-refractivity contribution in [1.29, 1.82) is 0 Å². The molecule has 0 spiro atoms. The van der Waals surface area contributed by atoms with Gasteiger partial charge in [-0.15, -0.1) is 0 Å². The van der Waals surface area contributed by atoms with Crippen molar-refractivity contribution in [3.05, 3.63) is 33.2 Å². The molecule has 1 aromatic rings. The van der Waals surface area contributed by atoms with E-state index >= 15 is 0 Å². The van der Waals surface area contributed by atoms with Crippen LogP contribution in [-0.2, 0) is 33.7 Å². The second kappa shape index (κ2) is 12.4. The van der Waals surface area contributed by atoms with Gasteiger partial charge in [0.15, 0.2) is 0 Å². The van der Waals surface area contributed by atoms with Crippen LogP contribution in [0.5, 0.6) is 0 Å². The lowest BCUT2D eigenvalue weighted by molar-refractivity contribution is -0.144. The quantitative estimate of drug-likeness (QED) is 0.571. The van der Waals surface area contributed by atoms with E-state index in [4.69, 9.17) is 4.74 Å². The van der Waals surface area contributed by atoms with Crippen molar-refractivity contribution in [3.8, 4) is 0 Å². The topological polar surface area (TPSA) is 97.7 Å². The number of hydrogen-bond donors (Lipinski definition) is 1. The molecular weight excluding hydrogens is 446 g/mol. The molecule has 8 nitrogen and oxygen atoms in total. The minimum atomic E-state index is -0.571. The average molecular weight is 486 g/mol. The van der Waals surface area contributed by atoms with Gasteiger partial charge in [0.1, 0.15) is 18.7 Å². The minimum Gasteiger partial charge on any atom is -0.462 e. The van der Waals surface area contributed by atoms with E-state index in [-0.39, 0.29) is 30.2 Å². The Morgan fingerprint density at radius 3 is 2.43 bits per heavy atom. The van der Waals surface area contributed by atoms with Crippen LogP contribution >= 0.6 is 0 Å². The molecule has 2 aliphatic carbocycles. The van der Waals surface area contributed by atoms with E-state index in [0.717, 1.165) is 62.6 Å². The summed E-state index contributed by atoms with van der Waals surface area (Å²) in [5.74, 6) is -0.535. The lowest BCUT2D eigenvalue weighted by Gasteiger charge is -2.26. The predicted molar refractivity (Wildman–Crippen MR) is 132 cm³/mol. The summed E-state index contributed by atoms with van der Waals surface area (Å²) in [6.45, 7) is 1.55. The van der Waals surface area contributed by atoms with E-state index in [1.165, 1.54) is 25.7 Å². The Kier molecular flexibility index (Phi) is 8.99. The van der Waals surface area contributed by atoms with Gasteiger partial charge in [-0.05, 0) is 62.5 Å². The molecule has 8 heteroatoms. The third-order valence-corrected chi connectivity index (χ3v) is 7.70. The first-order valence-electron chi connectivity index (χ1n) is 13.5. The first kappa shape index (κ1) is 25.5. The molecule has 4 rings (SSSR count). The average Bonchev–Trinajstić information content (AvgIpc) is 3.25. The SMILES string of the molecule is O=C(CNC(=O)c1cc2c(n(CC3CCCCC3)c1=O)CCCCCC2)OCCN1CCCC1=O. The number of carbonyl (C=O) groups is 3. The van der Waals surface area contributed by atoms with Gasteiger partial charge in [0, 0.05) is 25.2 Å². The maximum atomic E-state index is 13.5. The highest BCUT2D eigenvalue weighted by atomic mass is 16.5. The van der Waals surface area contributed by atoms with Gasteiger partial charge in [0.2, 0.25) is 5.91 Å². The number of fused-ring (bicyclic) bond motifs is 1. The van der Waals surface area contributed by atoms with Crippen molar-refractivity contribution in [2.75, 3.05) is 26.2 Å². The molecule has 1 saturated heterocycles. The number of esters is 1. The van der Waals surface area contributed by atoms with Crippen LogP contribution in [0.1, 0.15) is 92.2 Å². The smallest absolute Gasteiger partial charge is 0.325 e. The summed E-state index contributed by atoms with van der Waals surface area (Å²) >= 11 is 0. The first-order valence-corrected chi connectivity index (χ1v) is 13.5. The number of rotatable bonds is 8. The molecule has 1 aromatic heterocycles. The second-order valence-electron chi connectivity index (χ2n) is 10.3. The molecular formula is C27H39N3O5. The molecule has 0 bridgehead atoms. The predicted octanol–water partition coefficient (Wildman–Crippen LogP) is 2.98. The van der Waals surface area contributed by atoms with Crippen molar-refractivity contribution < 1.29 is 19.1 Å². The summed E-state index contributed by atoms with van der Waals surface area (Å²) in [4.78, 5) is 52.0. The molecule has 0 aromatic carbocycles. The zero-order valence-corrected chi connectivity index (χ0v) is 20.8. The number of ether oxygens (including phenoxy) is 1. The summed E-state index contributed by atoms with van der Waals surface area (Å²) < 4.78 is 7.07. The van der Waals surface area contributed by atoms with Crippen molar-refractivity contribution in [3.63, 3.8) is 0 Å². The Morgan fingerprint density at radius 2 is 1.69 bits per heavy atom. The first-order chi connectivity index (χ1) is 17.0. The number of nitrogens with one attached hydrogen (secondary N) is 1. The molecule has 2 amide bonds. The highest BCUT2D eigenvalue weighted by molar-refractivity contribution is 5.95. The van der Waals surface area contributed by atoms with Gasteiger partial charge in [0.25, 0.3) is 11.5 Å². The van der Waals surface area contributed by atoms with Gasteiger partial charge in [-0.2, -0.15) is 0 Å². The number of nitrogens with zero attached hydrogens (tertiary/aromatic N) is 2. The highest BCUT2D eigenvalue weighted by Crippen LogP contribution is 2.27. The fraction of sp³-hybridized carbons (Fsp3) is 0.704. The van der Waals surface area contributed by atoms with E-state index in [0.29, 0.717) is 32.0 Å². The van der Waals surface area contributed by atoms with Crippen LogP contribution in [-0.4, -0.2) is 53.5 Å². The van der Waals surface area contributed by atoms with Crippen molar-refractivity contribution in [2.24, 2.45) is 5.92 Å². The van der Waals surface area contributed by atoms with Crippen molar-refractivity contribution in [2.45, 2.75) is 90.0 Å². The van der Waals surface area contributed by atoms with E-state index < -0.39 is 11.9 Å². The molecule has 0 radical (unpaired) electrons. The van der Waals surface area contributed by atoms with Gasteiger partial charge in [-0.3, -0.25) is 19.2 Å². The molecule has 2 heterocycles. The molecule has 0 unspecified atom stereocenters. The van der Waals surface area contributed by atoms with Crippen molar-refractivity contribution >= 4 is 17.8 Å². The maximum Gasteiger partial charge on any atom is 0.325 e. The number of likely N-dealkylation sites (tertiary alicyclic amines) is 1. The van der Waals surface area contributed by atoms with Crippen LogP contribution in [0.25, 0.3) is 0 Å². The molecule has 35 heavy (non-hydrogen) atoms. The maximum absolute atomic E-state index is 13.5. The van der Waals surface area contributed by atoms with Gasteiger partial charge < -0.3 is 19.5 Å². The van der Waals surface area contributed by atoms with Gasteiger partial charge in [-0.1, -0.05) is 32.1 Å². The molecule has 3 aliphatic rings. The zero-order chi connectivity index (χ0) is 24.6. The van der Waals surface area contributed by atoms with Crippen molar-refractivity contribution in [1.82, 2.24) is 14.8 Å². The standard InChI is InChI=1S/C27H39N3O5/c31-24-13-8-14-29(24)15-16-35-25(32)18-28-26(33)22-17-21-11-6-1-2-7-12-23(21)30(27(22)34)19-20-9-4-3-5-10-20/h17,20H,1-16,18-19H2,(H,28,33). The van der Waals surface area contributed by atoms with E-state index in [2.05, 4.69) is 5.32 Å². The van der Waals surface area contributed by atoms with Gasteiger partial charge in [0.05, 0.1) is 6.54 Å². The summed E-state index contributed by atoms with van der Waals surface area (Å²) in [5, 5.41) is 2.59. The van der Waals surface area contributed by atoms with Crippen LogP contribution in [0.15, 0.2) is 10.9 Å². The summed E-state index contributed by atoms with van der Waals surface area (Å²) in [5.41, 5.74) is 2.08. The third-order valence-electron chi connectivity index (χ3n) is 7.70. The van der Waals surface area contributed by atoms with Gasteiger partial charge in [-0.25, -0.2) is 0 Å². The number of pyridine rings is 1. The molecule has 192 valence electrons. The van der Waals surface area contributed by atoms with Crippen LogP contribution < -0.4 is 10.9 Å². The number of carbonyl (C=O) groups excluding carboxylic acids is 3. The summed E-state index contributed by atoms with van der Waals surface area (Å²) in [6.07, 6.45) is 13.5. The fourth-order valence-electron chi connectivity index (χ4n) is 5.73. The summed E-state index contributed by atoms with van der Waals surface area (Å²) in [7, 11) is 0. The number of amides is 2. The number of aromatic nitrogens is 1. The fourth-order valence-corrected chi connectivity index (χ4v) is 5.73. The third kappa shape index (κ3) is 6.73. The molecule has 0 atom stereocenters. The van der Waals surface area contributed by atoms with Crippen LogP contribution in [0.3, 0.4) is 0 Å². The lowest BCUT2D eigenvalue weighted by atomic mass is 9.88. The van der Waals surface area contributed by atoms with E-state index in [1.807, 2.05) is 4.57 Å². The van der Waals surface area contributed by atoms with E-state index in [1.54, 1.807) is 11.0 Å². The Morgan fingerprint density at radius 1 is 0.943 bits per heavy atom. The molecule has 1 aliphatic heterocycles. The number of hydrogen-bond acceptors (Lipinski definition) is 5. The summed E-state index contributed by atoms with van der Waals surface area (Å²) in [6, 6.07) is 1.76.